The van der Waals surface area contributed by atoms with Gasteiger partial charge in [-0.15, -0.1) is 0 Å². The van der Waals surface area contributed by atoms with Crippen LogP contribution in [0.15, 0.2) is 27.4 Å². The molecule has 1 aromatic heterocycles. The normalized spacial score (nSPS) is 11.1. The molecular formula is C19H23ClO4. The maximum absolute atomic E-state index is 12.3. The topological polar surface area (TPSA) is 67.5 Å². The Labute approximate surface area is 146 Å². The van der Waals surface area contributed by atoms with Crippen molar-refractivity contribution in [3.63, 3.8) is 0 Å². The van der Waals surface area contributed by atoms with Crippen molar-refractivity contribution in [1.29, 1.82) is 0 Å². The Balaban J connectivity index is 2.03. The Kier molecular flexibility index (Phi) is 6.85. The molecule has 2 aromatic rings. The van der Waals surface area contributed by atoms with Crippen molar-refractivity contribution in [3.05, 3.63) is 39.2 Å². The quantitative estimate of drug-likeness (QED) is 0.369. The van der Waals surface area contributed by atoms with Gasteiger partial charge in [-0.1, -0.05) is 57.0 Å². The number of fused-ring (bicyclic) bond motifs is 1. The number of Topliss-reactive ketones (excluding diaryl/α,β-unsaturated/α-hetero) is 1. The summed E-state index contributed by atoms with van der Waals surface area (Å²) in [5, 5.41) is 11.0. The first-order valence-corrected chi connectivity index (χ1v) is 8.91. The van der Waals surface area contributed by atoms with E-state index in [4.69, 9.17) is 16.0 Å². The van der Waals surface area contributed by atoms with Crippen LogP contribution in [-0.2, 0) is 0 Å². The summed E-state index contributed by atoms with van der Waals surface area (Å²) < 4.78 is 5.13. The predicted molar refractivity (Wildman–Crippen MR) is 96.1 cm³/mol. The first kappa shape index (κ1) is 18.5. The molecular weight excluding hydrogens is 328 g/mol. The van der Waals surface area contributed by atoms with E-state index in [1.807, 2.05) is 0 Å². The Hall–Kier alpha value is -1.81. The molecule has 0 saturated carbocycles. The van der Waals surface area contributed by atoms with Crippen molar-refractivity contribution < 1.29 is 14.3 Å². The molecule has 0 amide bonds. The summed E-state index contributed by atoms with van der Waals surface area (Å²) in [6.45, 7) is 2.17. The highest BCUT2D eigenvalue weighted by molar-refractivity contribution is 6.31. The highest BCUT2D eigenvalue weighted by Crippen LogP contribution is 2.29. The number of aromatic hydroxyl groups is 1. The average molecular weight is 351 g/mol. The van der Waals surface area contributed by atoms with Crippen molar-refractivity contribution in [3.8, 4) is 5.75 Å². The van der Waals surface area contributed by atoms with Gasteiger partial charge in [0.2, 0.25) is 0 Å². The Morgan fingerprint density at radius 2 is 1.79 bits per heavy atom. The summed E-state index contributed by atoms with van der Waals surface area (Å²) >= 11 is 5.90. The summed E-state index contributed by atoms with van der Waals surface area (Å²) in [6.07, 6.45) is 7.81. The molecule has 1 aromatic carbocycles. The van der Waals surface area contributed by atoms with Gasteiger partial charge in [0.05, 0.1) is 5.39 Å². The molecule has 1 heterocycles. The fourth-order valence-electron chi connectivity index (χ4n) is 2.77. The first-order valence-electron chi connectivity index (χ1n) is 8.53. The maximum atomic E-state index is 12.3. The van der Waals surface area contributed by atoms with Gasteiger partial charge in [-0.2, -0.15) is 0 Å². The summed E-state index contributed by atoms with van der Waals surface area (Å²) in [4.78, 5) is 24.3. The van der Waals surface area contributed by atoms with Crippen LogP contribution in [0.25, 0.3) is 11.0 Å². The SMILES string of the molecule is CCCCCCCCCC(=O)c1c(O)c2cc(Cl)ccc2oc1=O. The van der Waals surface area contributed by atoms with Crippen LogP contribution in [0.4, 0.5) is 0 Å². The van der Waals surface area contributed by atoms with Crippen LogP contribution in [0.2, 0.25) is 5.02 Å². The Morgan fingerprint density at radius 1 is 1.12 bits per heavy atom. The van der Waals surface area contributed by atoms with Crippen LogP contribution in [0.3, 0.4) is 0 Å². The maximum Gasteiger partial charge on any atom is 0.351 e. The third-order valence-corrected chi connectivity index (χ3v) is 4.36. The predicted octanol–water partition coefficient (Wildman–Crippen LogP) is 5.48. The van der Waals surface area contributed by atoms with Gasteiger partial charge in [0.15, 0.2) is 5.78 Å². The molecule has 0 aliphatic carbocycles. The average Bonchev–Trinajstić information content (AvgIpc) is 2.55. The molecule has 5 heteroatoms. The molecule has 0 aliphatic rings. The lowest BCUT2D eigenvalue weighted by Gasteiger charge is -2.06. The van der Waals surface area contributed by atoms with Crippen LogP contribution in [-0.4, -0.2) is 10.9 Å². The summed E-state index contributed by atoms with van der Waals surface area (Å²) in [5.41, 5.74) is -0.847. The second-order valence-electron chi connectivity index (χ2n) is 6.05. The molecule has 130 valence electrons. The van der Waals surface area contributed by atoms with Gasteiger partial charge in [-0.3, -0.25) is 4.79 Å². The molecule has 0 radical (unpaired) electrons. The van der Waals surface area contributed by atoms with E-state index in [9.17, 15) is 14.7 Å². The van der Waals surface area contributed by atoms with Crippen molar-refractivity contribution in [2.45, 2.75) is 58.3 Å². The number of ketones is 1. The zero-order chi connectivity index (χ0) is 17.5. The van der Waals surface area contributed by atoms with Crippen molar-refractivity contribution in [2.75, 3.05) is 0 Å². The van der Waals surface area contributed by atoms with E-state index in [2.05, 4.69) is 6.92 Å². The van der Waals surface area contributed by atoms with Crippen LogP contribution in [0.5, 0.6) is 5.75 Å². The highest BCUT2D eigenvalue weighted by Gasteiger charge is 2.20. The third kappa shape index (κ3) is 4.60. The summed E-state index contributed by atoms with van der Waals surface area (Å²) in [6, 6.07) is 4.55. The largest absolute Gasteiger partial charge is 0.506 e. The lowest BCUT2D eigenvalue weighted by atomic mass is 10.0. The van der Waals surface area contributed by atoms with Gasteiger partial charge >= 0.3 is 5.63 Å². The number of carbonyl (C=O) groups is 1. The monoisotopic (exact) mass is 350 g/mol. The van der Waals surface area contributed by atoms with Crippen molar-refractivity contribution in [1.82, 2.24) is 0 Å². The molecule has 0 fully saturated rings. The van der Waals surface area contributed by atoms with Crippen LogP contribution >= 0.6 is 11.6 Å². The number of hydrogen-bond acceptors (Lipinski definition) is 4. The minimum atomic E-state index is -0.796. The molecule has 0 spiro atoms. The minimum absolute atomic E-state index is 0.217. The lowest BCUT2D eigenvalue weighted by molar-refractivity contribution is 0.0973. The van der Waals surface area contributed by atoms with Gasteiger partial charge in [0.25, 0.3) is 0 Å². The summed E-state index contributed by atoms with van der Waals surface area (Å²) in [7, 11) is 0. The second-order valence-corrected chi connectivity index (χ2v) is 6.48. The van der Waals surface area contributed by atoms with E-state index < -0.39 is 5.63 Å². The van der Waals surface area contributed by atoms with Crippen molar-refractivity contribution in [2.24, 2.45) is 0 Å². The van der Waals surface area contributed by atoms with Crippen LogP contribution in [0.1, 0.15) is 68.6 Å². The van der Waals surface area contributed by atoms with Crippen LogP contribution in [0, 0.1) is 0 Å². The minimum Gasteiger partial charge on any atom is -0.506 e. The van der Waals surface area contributed by atoms with E-state index in [1.165, 1.54) is 37.8 Å². The molecule has 0 saturated heterocycles. The third-order valence-electron chi connectivity index (χ3n) is 4.13. The summed E-state index contributed by atoms with van der Waals surface area (Å²) in [5.74, 6) is -0.714. The molecule has 2 rings (SSSR count). The zero-order valence-electron chi connectivity index (χ0n) is 13.9. The van der Waals surface area contributed by atoms with E-state index in [-0.39, 0.29) is 34.5 Å². The molecule has 1 N–H and O–H groups in total. The van der Waals surface area contributed by atoms with E-state index in [0.717, 1.165) is 12.8 Å². The highest BCUT2D eigenvalue weighted by atomic mass is 35.5. The van der Waals surface area contributed by atoms with Gasteiger partial charge in [0.1, 0.15) is 16.9 Å². The number of halogens is 1. The smallest absolute Gasteiger partial charge is 0.351 e. The fourth-order valence-corrected chi connectivity index (χ4v) is 2.94. The molecule has 0 aliphatic heterocycles. The van der Waals surface area contributed by atoms with E-state index >= 15 is 0 Å². The van der Waals surface area contributed by atoms with E-state index in [0.29, 0.717) is 11.4 Å². The lowest BCUT2D eigenvalue weighted by Crippen LogP contribution is -2.14. The molecule has 0 atom stereocenters. The number of unbranched alkanes of at least 4 members (excludes halogenated alkanes) is 6. The van der Waals surface area contributed by atoms with Gasteiger partial charge in [0, 0.05) is 11.4 Å². The molecule has 0 unspecified atom stereocenters. The first-order chi connectivity index (χ1) is 11.5. The van der Waals surface area contributed by atoms with Crippen molar-refractivity contribution >= 4 is 28.4 Å². The Morgan fingerprint density at radius 3 is 2.50 bits per heavy atom. The van der Waals surface area contributed by atoms with Crippen LogP contribution < -0.4 is 5.63 Å². The number of benzene rings is 1. The number of rotatable bonds is 9. The fraction of sp³-hybridized carbons (Fsp3) is 0.474. The Bertz CT molecular complexity index is 764. The van der Waals surface area contributed by atoms with Gasteiger partial charge < -0.3 is 9.52 Å². The van der Waals surface area contributed by atoms with Gasteiger partial charge in [-0.05, 0) is 24.6 Å². The molecule has 0 bridgehead atoms. The van der Waals surface area contributed by atoms with E-state index in [1.54, 1.807) is 6.07 Å². The number of hydrogen-bond donors (Lipinski definition) is 1. The molecule has 24 heavy (non-hydrogen) atoms. The standard InChI is InChI=1S/C19H23ClO4/c1-2-3-4-5-6-7-8-9-15(21)17-18(22)14-12-13(20)10-11-16(14)24-19(17)23/h10-12,22H,2-9H2,1H3. The van der Waals surface area contributed by atoms with Gasteiger partial charge in [-0.25, -0.2) is 4.79 Å². The number of carbonyl (C=O) groups excluding carboxylic acids is 1. The molecule has 4 nitrogen and oxygen atoms in total. The second kappa shape index (κ2) is 8.88. The zero-order valence-corrected chi connectivity index (χ0v) is 14.7.